The Labute approximate surface area is 213 Å². The molecule has 2 fully saturated rings. The van der Waals surface area contributed by atoms with Crippen molar-refractivity contribution in [3.8, 4) is 11.5 Å². The molecule has 36 heavy (non-hydrogen) atoms. The molecule has 194 valence electrons. The third-order valence-electron chi connectivity index (χ3n) is 6.92. The van der Waals surface area contributed by atoms with Gasteiger partial charge in [0.05, 0.1) is 26.3 Å². The molecule has 2 aromatic rings. The third kappa shape index (κ3) is 5.22. The van der Waals surface area contributed by atoms with Crippen molar-refractivity contribution in [2.45, 2.75) is 64.8 Å². The van der Waals surface area contributed by atoms with E-state index < -0.39 is 5.60 Å². The summed E-state index contributed by atoms with van der Waals surface area (Å²) in [5.41, 5.74) is 2.98. The topological polar surface area (TPSA) is 80.3 Å². The zero-order valence-electron chi connectivity index (χ0n) is 22.3. The van der Waals surface area contributed by atoms with E-state index in [0.717, 1.165) is 29.8 Å². The number of anilines is 1. The summed E-state index contributed by atoms with van der Waals surface area (Å²) < 4.78 is 16.3. The van der Waals surface area contributed by atoms with Crippen molar-refractivity contribution in [1.82, 2.24) is 10.2 Å². The number of benzene rings is 2. The van der Waals surface area contributed by atoms with Crippen LogP contribution < -0.4 is 19.7 Å². The molecule has 0 radical (unpaired) electrons. The largest absolute Gasteiger partial charge is 0.493 e. The lowest BCUT2D eigenvalue weighted by atomic mass is 10.0. The first-order valence-corrected chi connectivity index (χ1v) is 12.4. The van der Waals surface area contributed by atoms with Gasteiger partial charge in [-0.15, -0.1) is 0 Å². The van der Waals surface area contributed by atoms with Crippen LogP contribution in [0.15, 0.2) is 36.4 Å². The molecule has 0 spiro atoms. The molecule has 2 bridgehead atoms. The van der Waals surface area contributed by atoms with Crippen LogP contribution in [0.1, 0.15) is 61.6 Å². The molecule has 4 rings (SSSR count). The van der Waals surface area contributed by atoms with Crippen LogP contribution in [0.2, 0.25) is 0 Å². The van der Waals surface area contributed by atoms with Crippen molar-refractivity contribution in [3.05, 3.63) is 53.1 Å². The number of nitrogens with one attached hydrogen (secondary N) is 1. The number of likely N-dealkylation sites (tertiary alicyclic amines) is 1. The van der Waals surface area contributed by atoms with E-state index in [9.17, 15) is 9.59 Å². The zero-order valence-corrected chi connectivity index (χ0v) is 22.3. The smallest absolute Gasteiger partial charge is 0.410 e. The summed E-state index contributed by atoms with van der Waals surface area (Å²) >= 11 is 0. The molecule has 0 unspecified atom stereocenters. The van der Waals surface area contributed by atoms with Crippen LogP contribution in [-0.2, 0) is 4.74 Å². The molecule has 2 aliphatic heterocycles. The van der Waals surface area contributed by atoms with Crippen LogP contribution in [0.4, 0.5) is 10.5 Å². The fourth-order valence-corrected chi connectivity index (χ4v) is 5.04. The Morgan fingerprint density at radius 2 is 1.72 bits per heavy atom. The number of methoxy groups -OCH3 is 2. The molecule has 8 heteroatoms. The van der Waals surface area contributed by atoms with Gasteiger partial charge in [0.1, 0.15) is 5.60 Å². The number of rotatable bonds is 6. The van der Waals surface area contributed by atoms with Gasteiger partial charge in [-0.05, 0) is 76.4 Å². The average molecular weight is 496 g/mol. The number of carbonyl (C=O) groups excluding carboxylic acids is 2. The third-order valence-corrected chi connectivity index (χ3v) is 6.92. The summed E-state index contributed by atoms with van der Waals surface area (Å²) in [5, 5.41) is 3.11. The number of carbonyl (C=O) groups is 2. The van der Waals surface area contributed by atoms with Crippen LogP contribution in [0, 0.1) is 6.92 Å². The van der Waals surface area contributed by atoms with E-state index in [1.165, 1.54) is 0 Å². The molecule has 8 nitrogen and oxygen atoms in total. The Bertz CT molecular complexity index is 1140. The van der Waals surface area contributed by atoms with Gasteiger partial charge in [0.15, 0.2) is 11.5 Å². The van der Waals surface area contributed by atoms with Gasteiger partial charge in [-0.3, -0.25) is 4.79 Å². The van der Waals surface area contributed by atoms with E-state index in [0.29, 0.717) is 23.6 Å². The minimum absolute atomic E-state index is 0.119. The number of nitrogens with zero attached hydrogens (tertiary/aromatic N) is 2. The number of hydrogen-bond acceptors (Lipinski definition) is 6. The quantitative estimate of drug-likeness (QED) is 0.626. The summed E-state index contributed by atoms with van der Waals surface area (Å²) in [6.07, 6.45) is 0.660. The maximum absolute atomic E-state index is 13.3. The van der Waals surface area contributed by atoms with E-state index >= 15 is 0 Å². The molecule has 2 aliphatic rings. The first kappa shape index (κ1) is 25.7. The van der Waals surface area contributed by atoms with Crippen molar-refractivity contribution in [2.75, 3.05) is 32.2 Å². The van der Waals surface area contributed by atoms with Crippen LogP contribution in [0.5, 0.6) is 11.5 Å². The number of hydrogen-bond donors (Lipinski definition) is 1. The summed E-state index contributed by atoms with van der Waals surface area (Å²) in [6, 6.07) is 11.8. The molecular weight excluding hydrogens is 458 g/mol. The Balaban J connectivity index is 1.45. The second kappa shape index (κ2) is 9.91. The van der Waals surface area contributed by atoms with Gasteiger partial charge in [-0.25, -0.2) is 4.79 Å². The van der Waals surface area contributed by atoms with Crippen LogP contribution in [0.3, 0.4) is 0 Å². The number of piperazine rings is 1. The molecule has 0 aliphatic carbocycles. The highest BCUT2D eigenvalue weighted by Gasteiger charge is 2.46. The van der Waals surface area contributed by atoms with Crippen molar-refractivity contribution < 1.29 is 23.8 Å². The fourth-order valence-electron chi connectivity index (χ4n) is 5.04. The molecule has 1 N–H and O–H groups in total. The Morgan fingerprint density at radius 1 is 1.00 bits per heavy atom. The summed E-state index contributed by atoms with van der Waals surface area (Å²) in [7, 11) is 3.19. The standard InChI is InChI=1S/C28H37N3O5/c1-17-8-10-20(30-15-22-13-21(30)16-31(22)27(33)36-28(3,4)5)14-23(17)26(32)29-18(2)19-9-11-24(34-6)25(12-19)35-7/h8-12,14,18,21-22H,13,15-16H2,1-7H3,(H,29,32)/t18-,21+,22+/m1/s1. The zero-order chi connectivity index (χ0) is 26.2. The Morgan fingerprint density at radius 3 is 2.33 bits per heavy atom. The Hall–Kier alpha value is -3.42. The monoisotopic (exact) mass is 495 g/mol. The van der Waals surface area contributed by atoms with Crippen molar-refractivity contribution in [2.24, 2.45) is 0 Å². The summed E-state index contributed by atoms with van der Waals surface area (Å²) in [5.74, 6) is 1.14. The van der Waals surface area contributed by atoms with E-state index in [4.69, 9.17) is 14.2 Å². The Kier molecular flexibility index (Phi) is 7.07. The minimum atomic E-state index is -0.508. The lowest BCUT2D eigenvalue weighted by molar-refractivity contribution is 0.0214. The van der Waals surface area contributed by atoms with Crippen LogP contribution in [-0.4, -0.2) is 61.9 Å². The summed E-state index contributed by atoms with van der Waals surface area (Å²) in [4.78, 5) is 30.0. The minimum Gasteiger partial charge on any atom is -0.493 e. The lowest BCUT2D eigenvalue weighted by Crippen LogP contribution is -2.50. The normalized spacial score (nSPS) is 19.8. The highest BCUT2D eigenvalue weighted by molar-refractivity contribution is 5.97. The maximum Gasteiger partial charge on any atom is 0.410 e. The van der Waals surface area contributed by atoms with E-state index in [1.54, 1.807) is 14.2 Å². The first-order valence-electron chi connectivity index (χ1n) is 12.4. The first-order chi connectivity index (χ1) is 17.0. The fraction of sp³-hybridized carbons (Fsp3) is 0.500. The number of ether oxygens (including phenoxy) is 3. The van der Waals surface area contributed by atoms with Crippen LogP contribution in [0.25, 0.3) is 0 Å². The second-order valence-electron chi connectivity index (χ2n) is 10.6. The van der Waals surface area contributed by atoms with Gasteiger partial charge in [0.25, 0.3) is 5.91 Å². The number of aryl methyl sites for hydroxylation is 1. The molecule has 2 heterocycles. The predicted octanol–water partition coefficient (Wildman–Crippen LogP) is 4.70. The van der Waals surface area contributed by atoms with E-state index in [-0.39, 0.29) is 30.1 Å². The highest BCUT2D eigenvalue weighted by Crippen LogP contribution is 2.36. The van der Waals surface area contributed by atoms with Gasteiger partial charge in [-0.1, -0.05) is 12.1 Å². The van der Waals surface area contributed by atoms with Crippen molar-refractivity contribution in [1.29, 1.82) is 0 Å². The van der Waals surface area contributed by atoms with Crippen LogP contribution >= 0.6 is 0 Å². The molecule has 2 aromatic carbocycles. The van der Waals surface area contributed by atoms with Gasteiger partial charge >= 0.3 is 6.09 Å². The lowest BCUT2D eigenvalue weighted by Gasteiger charge is -2.36. The summed E-state index contributed by atoms with van der Waals surface area (Å²) in [6.45, 7) is 10.9. The van der Waals surface area contributed by atoms with E-state index in [2.05, 4.69) is 16.3 Å². The molecule has 0 aromatic heterocycles. The van der Waals surface area contributed by atoms with Crippen molar-refractivity contribution in [3.63, 3.8) is 0 Å². The van der Waals surface area contributed by atoms with Gasteiger partial charge in [0, 0.05) is 30.4 Å². The number of fused-ring (bicyclic) bond motifs is 2. The van der Waals surface area contributed by atoms with Gasteiger partial charge < -0.3 is 29.3 Å². The predicted molar refractivity (Wildman–Crippen MR) is 139 cm³/mol. The second-order valence-corrected chi connectivity index (χ2v) is 10.6. The molecule has 2 amide bonds. The van der Waals surface area contributed by atoms with Crippen molar-refractivity contribution >= 4 is 17.7 Å². The average Bonchev–Trinajstić information content (AvgIpc) is 3.44. The van der Waals surface area contributed by atoms with Gasteiger partial charge in [0.2, 0.25) is 0 Å². The van der Waals surface area contributed by atoms with E-state index in [1.807, 2.05) is 69.9 Å². The van der Waals surface area contributed by atoms with Gasteiger partial charge in [-0.2, -0.15) is 0 Å². The molecular formula is C28H37N3O5. The molecule has 3 atom stereocenters. The SMILES string of the molecule is COc1ccc([C@@H](C)NC(=O)c2cc(N3C[C@@H]4C[C@H]3CN4C(=O)OC(C)(C)C)ccc2C)cc1OC. The number of amides is 2. The molecule has 2 saturated heterocycles. The molecule has 0 saturated carbocycles. The maximum atomic E-state index is 13.3. The highest BCUT2D eigenvalue weighted by atomic mass is 16.6.